The maximum absolute atomic E-state index is 11.6. The highest BCUT2D eigenvalue weighted by molar-refractivity contribution is 5.77. The molecule has 16 heavy (non-hydrogen) atoms. The molecule has 0 radical (unpaired) electrons. The number of hydrogen-bond acceptors (Lipinski definition) is 3. The van der Waals surface area contributed by atoms with Gasteiger partial charge in [-0.3, -0.25) is 4.79 Å². The van der Waals surface area contributed by atoms with Crippen LogP contribution in [0.25, 0.3) is 0 Å². The third kappa shape index (κ3) is 4.94. The fourth-order valence-corrected chi connectivity index (χ4v) is 1.66. The first-order valence-electron chi connectivity index (χ1n) is 6.17. The predicted octanol–water partition coefficient (Wildman–Crippen LogP) is 1.06. The Morgan fingerprint density at radius 2 is 2.31 bits per heavy atom. The number of rotatable bonds is 5. The molecule has 1 atom stereocenters. The van der Waals surface area contributed by atoms with Crippen LogP contribution in [0.15, 0.2) is 0 Å². The number of piperidine rings is 1. The molecule has 0 unspecified atom stereocenters. The molecule has 1 saturated heterocycles. The van der Waals surface area contributed by atoms with E-state index >= 15 is 0 Å². The van der Waals surface area contributed by atoms with Crippen molar-refractivity contribution in [2.45, 2.75) is 51.7 Å². The molecule has 0 bridgehead atoms. The molecule has 1 aliphatic rings. The van der Waals surface area contributed by atoms with Gasteiger partial charge in [0.2, 0.25) is 5.91 Å². The van der Waals surface area contributed by atoms with Crippen molar-refractivity contribution in [1.29, 1.82) is 0 Å². The average molecular weight is 228 g/mol. The SMILES string of the molecule is CCC(C)(C)NC(=O)CO[C@H]1CCCNC1. The van der Waals surface area contributed by atoms with Gasteiger partial charge >= 0.3 is 0 Å². The van der Waals surface area contributed by atoms with E-state index in [-0.39, 0.29) is 24.2 Å². The molecule has 0 spiro atoms. The van der Waals surface area contributed by atoms with Crippen LogP contribution in [0.5, 0.6) is 0 Å². The molecule has 2 N–H and O–H groups in total. The molecular formula is C12H24N2O2. The van der Waals surface area contributed by atoms with Crippen LogP contribution in [0.2, 0.25) is 0 Å². The maximum Gasteiger partial charge on any atom is 0.246 e. The number of ether oxygens (including phenoxy) is 1. The number of hydrogen-bond donors (Lipinski definition) is 2. The zero-order valence-electron chi connectivity index (χ0n) is 10.6. The lowest BCUT2D eigenvalue weighted by Gasteiger charge is -2.26. The molecule has 1 aliphatic heterocycles. The summed E-state index contributed by atoms with van der Waals surface area (Å²) >= 11 is 0. The van der Waals surface area contributed by atoms with Crippen molar-refractivity contribution in [3.63, 3.8) is 0 Å². The number of carbonyl (C=O) groups is 1. The molecule has 1 heterocycles. The number of nitrogens with one attached hydrogen (secondary N) is 2. The van der Waals surface area contributed by atoms with Gasteiger partial charge in [0.15, 0.2) is 0 Å². The standard InChI is InChI=1S/C12H24N2O2/c1-4-12(2,3)14-11(15)9-16-10-6-5-7-13-8-10/h10,13H,4-9H2,1-3H3,(H,14,15)/t10-/m0/s1. The lowest BCUT2D eigenvalue weighted by Crippen LogP contribution is -2.45. The highest BCUT2D eigenvalue weighted by Gasteiger charge is 2.19. The predicted molar refractivity (Wildman–Crippen MR) is 64.4 cm³/mol. The van der Waals surface area contributed by atoms with Crippen LogP contribution in [0.4, 0.5) is 0 Å². The van der Waals surface area contributed by atoms with Gasteiger partial charge in [-0.1, -0.05) is 6.92 Å². The molecule has 0 aromatic rings. The third-order valence-corrected chi connectivity index (χ3v) is 3.06. The first-order chi connectivity index (χ1) is 7.53. The van der Waals surface area contributed by atoms with Crippen LogP contribution in [-0.4, -0.2) is 37.2 Å². The summed E-state index contributed by atoms with van der Waals surface area (Å²) in [5, 5.41) is 6.22. The van der Waals surface area contributed by atoms with Crippen molar-refractivity contribution in [2.75, 3.05) is 19.7 Å². The van der Waals surface area contributed by atoms with E-state index in [1.54, 1.807) is 0 Å². The van der Waals surface area contributed by atoms with Gasteiger partial charge in [-0.25, -0.2) is 0 Å². The topological polar surface area (TPSA) is 50.4 Å². The van der Waals surface area contributed by atoms with Gasteiger partial charge in [-0.15, -0.1) is 0 Å². The Balaban J connectivity index is 2.19. The third-order valence-electron chi connectivity index (χ3n) is 3.06. The van der Waals surface area contributed by atoms with Gasteiger partial charge in [0.1, 0.15) is 6.61 Å². The highest BCUT2D eigenvalue weighted by Crippen LogP contribution is 2.08. The minimum absolute atomic E-state index is 0.0163. The Morgan fingerprint density at radius 1 is 1.56 bits per heavy atom. The monoisotopic (exact) mass is 228 g/mol. The summed E-state index contributed by atoms with van der Waals surface area (Å²) in [5.74, 6) is -0.0163. The second kappa shape index (κ2) is 6.21. The molecule has 0 aliphatic carbocycles. The van der Waals surface area contributed by atoms with Gasteiger partial charge in [0.25, 0.3) is 0 Å². The van der Waals surface area contributed by atoms with E-state index < -0.39 is 0 Å². The molecule has 1 rings (SSSR count). The first-order valence-corrected chi connectivity index (χ1v) is 6.17. The Morgan fingerprint density at radius 3 is 2.88 bits per heavy atom. The largest absolute Gasteiger partial charge is 0.367 e. The van der Waals surface area contributed by atoms with Crippen LogP contribution in [0.1, 0.15) is 40.0 Å². The average Bonchev–Trinajstić information content (AvgIpc) is 2.27. The second-order valence-corrected chi connectivity index (χ2v) is 5.06. The zero-order chi connectivity index (χ0) is 12.0. The van der Waals surface area contributed by atoms with Crippen molar-refractivity contribution in [3.8, 4) is 0 Å². The van der Waals surface area contributed by atoms with Crippen molar-refractivity contribution < 1.29 is 9.53 Å². The quantitative estimate of drug-likeness (QED) is 0.740. The van der Waals surface area contributed by atoms with Crippen molar-refractivity contribution in [2.24, 2.45) is 0 Å². The van der Waals surface area contributed by atoms with Gasteiger partial charge in [0.05, 0.1) is 6.10 Å². The molecule has 4 nitrogen and oxygen atoms in total. The van der Waals surface area contributed by atoms with Crippen LogP contribution in [-0.2, 0) is 9.53 Å². The van der Waals surface area contributed by atoms with E-state index in [1.165, 1.54) is 0 Å². The van der Waals surface area contributed by atoms with E-state index in [1.807, 2.05) is 13.8 Å². The Hall–Kier alpha value is -0.610. The maximum atomic E-state index is 11.6. The molecule has 0 aromatic carbocycles. The minimum Gasteiger partial charge on any atom is -0.367 e. The first kappa shape index (κ1) is 13.5. The van der Waals surface area contributed by atoms with Gasteiger partial charge in [-0.2, -0.15) is 0 Å². The summed E-state index contributed by atoms with van der Waals surface area (Å²) < 4.78 is 5.56. The molecule has 1 fully saturated rings. The number of amides is 1. The van der Waals surface area contributed by atoms with Gasteiger partial charge < -0.3 is 15.4 Å². The fraction of sp³-hybridized carbons (Fsp3) is 0.917. The second-order valence-electron chi connectivity index (χ2n) is 5.06. The van der Waals surface area contributed by atoms with Crippen LogP contribution in [0, 0.1) is 0 Å². The smallest absolute Gasteiger partial charge is 0.246 e. The van der Waals surface area contributed by atoms with E-state index in [9.17, 15) is 4.79 Å². The Labute approximate surface area is 98.1 Å². The molecule has 0 saturated carbocycles. The van der Waals surface area contributed by atoms with Crippen molar-refractivity contribution in [1.82, 2.24) is 10.6 Å². The van der Waals surface area contributed by atoms with Crippen LogP contribution in [0.3, 0.4) is 0 Å². The summed E-state index contributed by atoms with van der Waals surface area (Å²) in [6, 6.07) is 0. The van der Waals surface area contributed by atoms with Crippen molar-refractivity contribution in [3.05, 3.63) is 0 Å². The fourth-order valence-electron chi connectivity index (χ4n) is 1.66. The Kier molecular flexibility index (Phi) is 5.22. The van der Waals surface area contributed by atoms with Gasteiger partial charge in [0, 0.05) is 12.1 Å². The minimum atomic E-state index is -0.134. The molecule has 0 aromatic heterocycles. The lowest BCUT2D eigenvalue weighted by atomic mass is 10.0. The molecule has 94 valence electrons. The van der Waals surface area contributed by atoms with Crippen molar-refractivity contribution >= 4 is 5.91 Å². The van der Waals surface area contributed by atoms with Crippen LogP contribution >= 0.6 is 0 Å². The summed E-state index contributed by atoms with van der Waals surface area (Å²) in [6.07, 6.45) is 3.30. The Bertz CT molecular complexity index is 223. The van der Waals surface area contributed by atoms with E-state index in [4.69, 9.17) is 4.74 Å². The molecule has 4 heteroatoms. The van der Waals surface area contributed by atoms with Gasteiger partial charge in [-0.05, 0) is 39.7 Å². The van der Waals surface area contributed by atoms with Crippen LogP contribution < -0.4 is 10.6 Å². The van der Waals surface area contributed by atoms with E-state index in [2.05, 4.69) is 17.6 Å². The summed E-state index contributed by atoms with van der Waals surface area (Å²) in [5.41, 5.74) is -0.134. The normalized spacial score (nSPS) is 21.8. The highest BCUT2D eigenvalue weighted by atomic mass is 16.5. The number of carbonyl (C=O) groups excluding carboxylic acids is 1. The van der Waals surface area contributed by atoms with E-state index in [0.29, 0.717) is 0 Å². The zero-order valence-corrected chi connectivity index (χ0v) is 10.6. The molecule has 1 amide bonds. The molecular weight excluding hydrogens is 204 g/mol. The summed E-state index contributed by atoms with van der Waals surface area (Å²) in [6.45, 7) is 8.21. The lowest BCUT2D eigenvalue weighted by molar-refractivity contribution is -0.129. The van der Waals surface area contributed by atoms with E-state index in [0.717, 1.165) is 32.4 Å². The summed E-state index contributed by atoms with van der Waals surface area (Å²) in [4.78, 5) is 11.6. The summed E-state index contributed by atoms with van der Waals surface area (Å²) in [7, 11) is 0.